The van der Waals surface area contributed by atoms with E-state index in [9.17, 15) is 20.0 Å². The van der Waals surface area contributed by atoms with Gasteiger partial charge in [-0.05, 0) is 17.7 Å². The first-order valence-electron chi connectivity index (χ1n) is 7.24. The molecule has 2 atom stereocenters. The Hall–Kier alpha value is -1.83. The monoisotopic (exact) mass is 307 g/mol. The molecule has 7 nitrogen and oxygen atoms in total. The van der Waals surface area contributed by atoms with E-state index in [1.807, 2.05) is 0 Å². The van der Waals surface area contributed by atoms with E-state index in [1.165, 1.54) is 24.3 Å². The summed E-state index contributed by atoms with van der Waals surface area (Å²) in [4.78, 5) is 22.3. The molecule has 3 rings (SSSR count). The molecule has 0 aromatic heterocycles. The summed E-state index contributed by atoms with van der Waals surface area (Å²) in [5, 5.41) is 21.1. The summed E-state index contributed by atoms with van der Waals surface area (Å²) < 4.78 is 11.2. The van der Waals surface area contributed by atoms with E-state index in [4.69, 9.17) is 9.47 Å². The van der Waals surface area contributed by atoms with Crippen LogP contribution in [0.4, 0.5) is 5.69 Å². The summed E-state index contributed by atoms with van der Waals surface area (Å²) >= 11 is 0. The molecule has 1 spiro atoms. The number of carbonyl (C=O) groups is 1. The maximum absolute atomic E-state index is 12.1. The number of non-ortho nitro benzene ring substituents is 1. The number of benzene rings is 1. The van der Waals surface area contributed by atoms with Gasteiger partial charge in [-0.15, -0.1) is 0 Å². The molecule has 2 aliphatic rings. The standard InChI is InChI=1S/C15H17NO6/c17-13-5-6-15(21-7-8-22-15)9-12(13)14(18)10-1-3-11(4-2-10)16(19)20/h1-4,12,14,18H,5-9H2/t12-,14+/m0/s1. The molecule has 1 saturated carbocycles. The van der Waals surface area contributed by atoms with Crippen LogP contribution in [0.15, 0.2) is 24.3 Å². The molecular weight excluding hydrogens is 290 g/mol. The van der Waals surface area contributed by atoms with Crippen molar-refractivity contribution in [3.05, 3.63) is 39.9 Å². The second-order valence-corrected chi connectivity index (χ2v) is 5.68. The lowest BCUT2D eigenvalue weighted by atomic mass is 9.78. The minimum atomic E-state index is -1.02. The number of nitro benzene ring substituents is 1. The lowest BCUT2D eigenvalue weighted by Crippen LogP contribution is -2.42. The van der Waals surface area contributed by atoms with Gasteiger partial charge in [0.1, 0.15) is 5.78 Å². The van der Waals surface area contributed by atoms with Crippen LogP contribution >= 0.6 is 0 Å². The Labute approximate surface area is 127 Å². The van der Waals surface area contributed by atoms with Gasteiger partial charge in [0.2, 0.25) is 0 Å². The van der Waals surface area contributed by atoms with Crippen LogP contribution < -0.4 is 0 Å². The molecular formula is C15H17NO6. The number of hydrogen-bond donors (Lipinski definition) is 1. The van der Waals surface area contributed by atoms with Crippen LogP contribution in [0.1, 0.15) is 30.9 Å². The molecule has 0 amide bonds. The van der Waals surface area contributed by atoms with Crippen molar-refractivity contribution in [2.24, 2.45) is 5.92 Å². The third-order valence-corrected chi connectivity index (χ3v) is 4.34. The van der Waals surface area contributed by atoms with Gasteiger partial charge in [-0.3, -0.25) is 14.9 Å². The molecule has 22 heavy (non-hydrogen) atoms. The van der Waals surface area contributed by atoms with Crippen molar-refractivity contribution < 1.29 is 24.3 Å². The Kier molecular flexibility index (Phi) is 3.94. The molecule has 1 aromatic rings. The van der Waals surface area contributed by atoms with Crippen molar-refractivity contribution >= 4 is 11.5 Å². The zero-order chi connectivity index (χ0) is 15.7. The Morgan fingerprint density at radius 2 is 1.91 bits per heavy atom. The molecule has 0 unspecified atom stereocenters. The van der Waals surface area contributed by atoms with Gasteiger partial charge in [-0.2, -0.15) is 0 Å². The first kappa shape index (κ1) is 15.1. The normalized spacial score (nSPS) is 25.3. The highest BCUT2D eigenvalue weighted by atomic mass is 16.7. The quantitative estimate of drug-likeness (QED) is 0.674. The fourth-order valence-electron chi connectivity index (χ4n) is 3.12. The van der Waals surface area contributed by atoms with Crippen molar-refractivity contribution in [2.75, 3.05) is 13.2 Å². The Bertz CT molecular complexity index is 578. The highest BCUT2D eigenvalue weighted by molar-refractivity contribution is 5.82. The molecule has 7 heteroatoms. The molecule has 1 aliphatic carbocycles. The SMILES string of the molecule is O=C1CCC2(C[C@@H]1[C@H](O)c1ccc([N+](=O)[O-])cc1)OCCO2. The van der Waals surface area contributed by atoms with Gasteiger partial charge in [-0.25, -0.2) is 0 Å². The Morgan fingerprint density at radius 1 is 1.27 bits per heavy atom. The first-order chi connectivity index (χ1) is 10.5. The Morgan fingerprint density at radius 3 is 2.50 bits per heavy atom. The number of carbonyl (C=O) groups excluding carboxylic acids is 1. The van der Waals surface area contributed by atoms with Crippen molar-refractivity contribution in [3.63, 3.8) is 0 Å². The predicted molar refractivity (Wildman–Crippen MR) is 75.0 cm³/mol. The molecule has 118 valence electrons. The average Bonchev–Trinajstić information content (AvgIpc) is 2.98. The van der Waals surface area contributed by atoms with Gasteiger partial charge in [0.15, 0.2) is 5.79 Å². The maximum Gasteiger partial charge on any atom is 0.269 e. The van der Waals surface area contributed by atoms with E-state index in [0.29, 0.717) is 38.0 Å². The van der Waals surface area contributed by atoms with Crippen LogP contribution in [0.2, 0.25) is 0 Å². The summed E-state index contributed by atoms with van der Waals surface area (Å²) in [6.07, 6.45) is 0.104. The van der Waals surface area contributed by atoms with Crippen LogP contribution in [0.5, 0.6) is 0 Å². The van der Waals surface area contributed by atoms with Crippen LogP contribution in [0, 0.1) is 16.0 Å². The number of ketones is 1. The zero-order valence-corrected chi connectivity index (χ0v) is 11.9. The summed E-state index contributed by atoms with van der Waals surface area (Å²) in [5.74, 6) is -1.41. The topological polar surface area (TPSA) is 98.9 Å². The lowest BCUT2D eigenvalue weighted by molar-refractivity contribution is -0.384. The van der Waals surface area contributed by atoms with Gasteiger partial charge in [0, 0.05) is 31.4 Å². The minimum absolute atomic E-state index is 0.0319. The number of Topliss-reactive ketones (excluding diaryl/α,β-unsaturated/α-hetero) is 1. The van der Waals surface area contributed by atoms with Crippen LogP contribution in [-0.2, 0) is 14.3 Å². The summed E-state index contributed by atoms with van der Waals surface area (Å²) in [5.41, 5.74) is 0.434. The molecule has 1 aromatic carbocycles. The van der Waals surface area contributed by atoms with Crippen LogP contribution in [0.3, 0.4) is 0 Å². The third kappa shape index (κ3) is 2.75. The van der Waals surface area contributed by atoms with Crippen LogP contribution in [-0.4, -0.2) is 34.8 Å². The number of hydrogen-bond acceptors (Lipinski definition) is 6. The van der Waals surface area contributed by atoms with E-state index in [2.05, 4.69) is 0 Å². The number of rotatable bonds is 3. The minimum Gasteiger partial charge on any atom is -0.388 e. The average molecular weight is 307 g/mol. The van der Waals surface area contributed by atoms with E-state index < -0.39 is 22.7 Å². The number of ether oxygens (including phenoxy) is 2. The second kappa shape index (κ2) is 5.75. The summed E-state index contributed by atoms with van der Waals surface area (Å²) in [7, 11) is 0. The molecule has 0 radical (unpaired) electrons. The van der Waals surface area contributed by atoms with Crippen molar-refractivity contribution in [1.82, 2.24) is 0 Å². The van der Waals surface area contributed by atoms with E-state index in [-0.39, 0.29) is 11.5 Å². The molecule has 1 heterocycles. The van der Waals surface area contributed by atoms with Crippen molar-refractivity contribution in [2.45, 2.75) is 31.2 Å². The fraction of sp³-hybridized carbons (Fsp3) is 0.533. The fourth-order valence-corrected chi connectivity index (χ4v) is 3.12. The summed E-state index contributed by atoms with van der Waals surface area (Å²) in [6, 6.07) is 5.61. The molecule has 1 N–H and O–H groups in total. The molecule has 0 bridgehead atoms. The van der Waals surface area contributed by atoms with Gasteiger partial charge >= 0.3 is 0 Å². The van der Waals surface area contributed by atoms with Crippen molar-refractivity contribution in [3.8, 4) is 0 Å². The third-order valence-electron chi connectivity index (χ3n) is 4.34. The van der Waals surface area contributed by atoms with Gasteiger partial charge in [-0.1, -0.05) is 0 Å². The number of aliphatic hydroxyl groups excluding tert-OH is 1. The van der Waals surface area contributed by atoms with Gasteiger partial charge in [0.25, 0.3) is 5.69 Å². The smallest absolute Gasteiger partial charge is 0.269 e. The van der Waals surface area contributed by atoms with Gasteiger partial charge in [0.05, 0.1) is 30.2 Å². The predicted octanol–water partition coefficient (Wildman–Crippen LogP) is 1.74. The van der Waals surface area contributed by atoms with E-state index in [1.54, 1.807) is 0 Å². The Balaban J connectivity index is 1.78. The second-order valence-electron chi connectivity index (χ2n) is 5.68. The lowest BCUT2D eigenvalue weighted by Gasteiger charge is -2.37. The largest absolute Gasteiger partial charge is 0.388 e. The first-order valence-corrected chi connectivity index (χ1v) is 7.24. The molecule has 1 aliphatic heterocycles. The molecule has 2 fully saturated rings. The highest BCUT2D eigenvalue weighted by Gasteiger charge is 2.47. The maximum atomic E-state index is 12.1. The van der Waals surface area contributed by atoms with Crippen LogP contribution in [0.25, 0.3) is 0 Å². The van der Waals surface area contributed by atoms with E-state index in [0.717, 1.165) is 0 Å². The summed E-state index contributed by atoms with van der Waals surface area (Å²) in [6.45, 7) is 0.989. The number of nitrogens with zero attached hydrogens (tertiary/aromatic N) is 1. The van der Waals surface area contributed by atoms with Crippen molar-refractivity contribution in [1.29, 1.82) is 0 Å². The molecule has 1 saturated heterocycles. The number of aliphatic hydroxyl groups is 1. The number of nitro groups is 1. The zero-order valence-electron chi connectivity index (χ0n) is 11.9. The van der Waals surface area contributed by atoms with E-state index >= 15 is 0 Å². The van der Waals surface area contributed by atoms with Gasteiger partial charge < -0.3 is 14.6 Å². The highest BCUT2D eigenvalue weighted by Crippen LogP contribution is 2.41.